The number of nitrogens with one attached hydrogen (secondary N) is 2. The average molecular weight is 402 g/mol. The van der Waals surface area contributed by atoms with Crippen LogP contribution in [0.3, 0.4) is 0 Å². The van der Waals surface area contributed by atoms with E-state index in [2.05, 4.69) is 26.6 Å². The Kier molecular flexibility index (Phi) is 5.80. The molecule has 0 aliphatic carbocycles. The van der Waals surface area contributed by atoms with E-state index in [0.717, 1.165) is 10.2 Å². The zero-order chi connectivity index (χ0) is 17.0. The summed E-state index contributed by atoms with van der Waals surface area (Å²) in [5, 5.41) is 5.47. The molecule has 2 N–H and O–H groups in total. The number of imide groups is 1. The number of hydrogen-bond donors (Lipinski definition) is 2. The molecule has 6 nitrogen and oxygen atoms in total. The third-order valence-corrected chi connectivity index (χ3v) is 5.24. The van der Waals surface area contributed by atoms with Gasteiger partial charge in [-0.15, -0.1) is 11.3 Å². The van der Waals surface area contributed by atoms with Crippen molar-refractivity contribution >= 4 is 45.1 Å². The van der Waals surface area contributed by atoms with Gasteiger partial charge in [0.05, 0.1) is 3.79 Å². The summed E-state index contributed by atoms with van der Waals surface area (Å²) in [6, 6.07) is 3.63. The number of hydrogen-bond acceptors (Lipinski definition) is 4. The lowest BCUT2D eigenvalue weighted by atomic mass is 10.1. The summed E-state index contributed by atoms with van der Waals surface area (Å²) >= 11 is 5.05. The van der Waals surface area contributed by atoms with Crippen LogP contribution < -0.4 is 10.6 Å². The third-order valence-electron chi connectivity index (χ3n) is 3.55. The lowest BCUT2D eigenvalue weighted by Gasteiger charge is -2.15. The van der Waals surface area contributed by atoms with Crippen LogP contribution in [0.25, 0.3) is 0 Å². The van der Waals surface area contributed by atoms with E-state index in [4.69, 9.17) is 0 Å². The van der Waals surface area contributed by atoms with Gasteiger partial charge in [0.15, 0.2) is 0 Å². The fourth-order valence-corrected chi connectivity index (χ4v) is 3.80. The van der Waals surface area contributed by atoms with Crippen molar-refractivity contribution in [2.75, 3.05) is 13.1 Å². The van der Waals surface area contributed by atoms with Crippen LogP contribution in [-0.4, -0.2) is 41.4 Å². The zero-order valence-corrected chi connectivity index (χ0v) is 15.6. The molecule has 1 aliphatic heterocycles. The van der Waals surface area contributed by atoms with E-state index in [1.54, 1.807) is 25.2 Å². The van der Waals surface area contributed by atoms with Crippen molar-refractivity contribution in [1.82, 2.24) is 15.5 Å². The van der Waals surface area contributed by atoms with Gasteiger partial charge >= 0.3 is 6.03 Å². The Bertz CT molecular complexity index is 615. The first-order valence-corrected chi connectivity index (χ1v) is 9.05. The average Bonchev–Trinajstić information content (AvgIpc) is 2.95. The molecule has 0 unspecified atom stereocenters. The minimum Gasteiger partial charge on any atom is -0.356 e. The fraction of sp³-hybridized carbons (Fsp3) is 0.533. The maximum atomic E-state index is 12.0. The van der Waals surface area contributed by atoms with Gasteiger partial charge in [0.25, 0.3) is 5.91 Å². The van der Waals surface area contributed by atoms with Crippen molar-refractivity contribution in [3.05, 3.63) is 20.8 Å². The van der Waals surface area contributed by atoms with Crippen molar-refractivity contribution < 1.29 is 14.4 Å². The van der Waals surface area contributed by atoms with Crippen LogP contribution in [0.2, 0.25) is 0 Å². The highest BCUT2D eigenvalue weighted by Crippen LogP contribution is 2.22. The predicted molar refractivity (Wildman–Crippen MR) is 92.3 cm³/mol. The van der Waals surface area contributed by atoms with Crippen molar-refractivity contribution in [3.8, 4) is 0 Å². The minimum atomic E-state index is -0.853. The van der Waals surface area contributed by atoms with Crippen LogP contribution in [0.4, 0.5) is 4.79 Å². The molecule has 1 aliphatic rings. The van der Waals surface area contributed by atoms with Crippen LogP contribution in [0, 0.1) is 0 Å². The molecule has 0 aromatic carbocycles. The number of halogens is 1. The van der Waals surface area contributed by atoms with Gasteiger partial charge in [0, 0.05) is 24.4 Å². The van der Waals surface area contributed by atoms with E-state index < -0.39 is 5.54 Å². The van der Waals surface area contributed by atoms with Crippen LogP contribution in [0.5, 0.6) is 0 Å². The fourth-order valence-electron chi connectivity index (χ4n) is 2.32. The van der Waals surface area contributed by atoms with Gasteiger partial charge in [-0.3, -0.25) is 14.5 Å². The summed E-state index contributed by atoms with van der Waals surface area (Å²) in [5.74, 6) is -0.307. The second-order valence-corrected chi connectivity index (χ2v) is 8.47. The van der Waals surface area contributed by atoms with E-state index in [0.29, 0.717) is 19.4 Å². The summed E-state index contributed by atoms with van der Waals surface area (Å²) in [6.07, 6.45) is 1.56. The van der Waals surface area contributed by atoms with E-state index in [-0.39, 0.29) is 24.4 Å². The highest BCUT2D eigenvalue weighted by Gasteiger charge is 2.43. The van der Waals surface area contributed by atoms with E-state index in [1.807, 2.05) is 12.1 Å². The number of nitrogens with zero attached hydrogens (tertiary/aromatic N) is 1. The first-order chi connectivity index (χ1) is 10.8. The first-order valence-electron chi connectivity index (χ1n) is 7.44. The van der Waals surface area contributed by atoms with Gasteiger partial charge in [0.2, 0.25) is 5.91 Å². The van der Waals surface area contributed by atoms with E-state index in [1.165, 1.54) is 9.78 Å². The highest BCUT2D eigenvalue weighted by atomic mass is 79.9. The Morgan fingerprint density at radius 3 is 2.70 bits per heavy atom. The molecule has 2 heterocycles. The number of carbonyl (C=O) groups excluding carboxylic acids is 3. The summed E-state index contributed by atoms with van der Waals surface area (Å²) in [6.45, 7) is 4.19. The molecule has 1 saturated heterocycles. The molecule has 23 heavy (non-hydrogen) atoms. The quantitative estimate of drug-likeness (QED) is 0.687. The van der Waals surface area contributed by atoms with Gasteiger partial charge in [-0.1, -0.05) is 0 Å². The number of thiophene rings is 1. The molecule has 0 saturated carbocycles. The summed E-state index contributed by atoms with van der Waals surface area (Å²) in [5.41, 5.74) is -0.853. The molecule has 4 amide bonds. The smallest absolute Gasteiger partial charge is 0.325 e. The topological polar surface area (TPSA) is 78.5 Å². The summed E-state index contributed by atoms with van der Waals surface area (Å²) in [4.78, 5) is 37.8. The monoisotopic (exact) mass is 401 g/mol. The molecular weight excluding hydrogens is 382 g/mol. The molecule has 126 valence electrons. The Morgan fingerprint density at radius 1 is 1.39 bits per heavy atom. The van der Waals surface area contributed by atoms with Crippen LogP contribution in [0.15, 0.2) is 15.9 Å². The Labute approximate surface area is 147 Å². The number of amides is 4. The Hall–Kier alpha value is -1.41. The second kappa shape index (κ2) is 7.44. The Balaban J connectivity index is 1.65. The highest BCUT2D eigenvalue weighted by molar-refractivity contribution is 9.11. The van der Waals surface area contributed by atoms with Crippen molar-refractivity contribution in [2.24, 2.45) is 0 Å². The number of carbonyl (C=O) groups is 3. The van der Waals surface area contributed by atoms with Gasteiger partial charge in [0.1, 0.15) is 5.54 Å². The number of urea groups is 1. The van der Waals surface area contributed by atoms with Gasteiger partial charge in [-0.25, -0.2) is 4.79 Å². The SMILES string of the molecule is CC1(C)NC(=O)N(CCCC(=O)NCCc2ccc(Br)s2)C1=O. The largest absolute Gasteiger partial charge is 0.356 e. The predicted octanol–water partition coefficient (Wildman–Crippen LogP) is 2.28. The first kappa shape index (κ1) is 17.9. The minimum absolute atomic E-state index is 0.0630. The van der Waals surface area contributed by atoms with E-state index >= 15 is 0 Å². The van der Waals surface area contributed by atoms with Gasteiger partial charge < -0.3 is 10.6 Å². The molecule has 0 atom stereocenters. The third kappa shape index (κ3) is 4.78. The van der Waals surface area contributed by atoms with Crippen LogP contribution in [-0.2, 0) is 16.0 Å². The molecule has 2 rings (SSSR count). The van der Waals surface area contributed by atoms with Gasteiger partial charge in [-0.05, 0) is 54.8 Å². The standard InChI is InChI=1S/C15H20BrN3O3S/c1-15(2)13(21)19(14(22)18-15)9-3-4-12(20)17-8-7-10-5-6-11(16)23-10/h5-6H,3-4,7-9H2,1-2H3,(H,17,20)(H,18,22). The maximum Gasteiger partial charge on any atom is 0.325 e. The van der Waals surface area contributed by atoms with E-state index in [9.17, 15) is 14.4 Å². The molecule has 0 radical (unpaired) electrons. The zero-order valence-electron chi connectivity index (χ0n) is 13.1. The molecule has 1 aromatic heterocycles. The lowest BCUT2D eigenvalue weighted by Crippen LogP contribution is -2.40. The lowest BCUT2D eigenvalue weighted by molar-refractivity contribution is -0.130. The maximum absolute atomic E-state index is 12.0. The van der Waals surface area contributed by atoms with Crippen molar-refractivity contribution in [3.63, 3.8) is 0 Å². The molecular formula is C15H20BrN3O3S. The second-order valence-electron chi connectivity index (χ2n) is 5.92. The molecule has 1 fully saturated rings. The van der Waals surface area contributed by atoms with Crippen molar-refractivity contribution in [2.45, 2.75) is 38.6 Å². The summed E-state index contributed by atoms with van der Waals surface area (Å²) < 4.78 is 1.08. The number of rotatable bonds is 7. The molecule has 0 spiro atoms. The Morgan fingerprint density at radius 2 is 2.13 bits per heavy atom. The summed E-state index contributed by atoms with van der Waals surface area (Å²) in [7, 11) is 0. The molecule has 0 bridgehead atoms. The van der Waals surface area contributed by atoms with Gasteiger partial charge in [-0.2, -0.15) is 0 Å². The molecule has 8 heteroatoms. The molecule has 1 aromatic rings. The van der Waals surface area contributed by atoms with Crippen LogP contribution >= 0.6 is 27.3 Å². The van der Waals surface area contributed by atoms with Crippen molar-refractivity contribution in [1.29, 1.82) is 0 Å². The normalized spacial score (nSPS) is 16.6. The van der Waals surface area contributed by atoms with Crippen LogP contribution in [0.1, 0.15) is 31.6 Å².